The number of halogens is 1. The highest BCUT2D eigenvalue weighted by Crippen LogP contribution is 2.38. The fraction of sp³-hybridized carbons (Fsp3) is 0.316. The lowest BCUT2D eigenvalue weighted by molar-refractivity contribution is 0.0595. The highest BCUT2D eigenvalue weighted by Gasteiger charge is 2.29. The number of anilines is 1. The Morgan fingerprint density at radius 2 is 1.93 bits per heavy atom. The number of hydrogen-bond acceptors (Lipinski definition) is 7. The zero-order valence-electron chi connectivity index (χ0n) is 14.8. The summed E-state index contributed by atoms with van der Waals surface area (Å²) in [6.07, 6.45) is 4.52. The zero-order valence-corrected chi connectivity index (χ0v) is 15.5. The molecule has 0 atom stereocenters. The molecular formula is C19H18ClN3O4. The first-order chi connectivity index (χ1) is 13.2. The molecule has 3 aromatic rings. The zero-order chi connectivity index (χ0) is 18.8. The van der Waals surface area contributed by atoms with E-state index in [1.165, 1.54) is 19.9 Å². The number of methoxy groups -OCH3 is 1. The van der Waals surface area contributed by atoms with Crippen molar-refractivity contribution in [2.24, 2.45) is 0 Å². The fourth-order valence-corrected chi connectivity index (χ4v) is 3.27. The van der Waals surface area contributed by atoms with E-state index in [1.54, 1.807) is 12.1 Å². The molecule has 0 bridgehead atoms. The molecule has 1 fully saturated rings. The van der Waals surface area contributed by atoms with Gasteiger partial charge in [-0.25, -0.2) is 14.8 Å². The van der Waals surface area contributed by atoms with Crippen LogP contribution in [0.5, 0.6) is 0 Å². The van der Waals surface area contributed by atoms with Crippen LogP contribution in [-0.2, 0) is 4.74 Å². The molecule has 140 valence electrons. The van der Waals surface area contributed by atoms with Gasteiger partial charge in [-0.15, -0.1) is 0 Å². The average molecular weight is 388 g/mol. The maximum absolute atomic E-state index is 12.0. The fourth-order valence-electron chi connectivity index (χ4n) is 3.14. The van der Waals surface area contributed by atoms with Gasteiger partial charge < -0.3 is 18.5 Å². The van der Waals surface area contributed by atoms with E-state index in [0.717, 1.165) is 31.5 Å². The number of rotatable bonds is 4. The second-order valence-electron chi connectivity index (χ2n) is 6.25. The first kappa shape index (κ1) is 17.6. The van der Waals surface area contributed by atoms with Crippen LogP contribution in [0.4, 0.5) is 5.88 Å². The van der Waals surface area contributed by atoms with Crippen molar-refractivity contribution in [3.8, 4) is 22.9 Å². The van der Waals surface area contributed by atoms with Gasteiger partial charge in [-0.05, 0) is 43.5 Å². The highest BCUT2D eigenvalue weighted by atomic mass is 35.5. The molecule has 8 heteroatoms. The van der Waals surface area contributed by atoms with E-state index in [9.17, 15) is 4.79 Å². The number of oxazole rings is 2. The summed E-state index contributed by atoms with van der Waals surface area (Å²) in [6, 6.07) is 7.21. The summed E-state index contributed by atoms with van der Waals surface area (Å²) in [4.78, 5) is 22.8. The van der Waals surface area contributed by atoms with E-state index in [4.69, 9.17) is 25.2 Å². The van der Waals surface area contributed by atoms with Crippen molar-refractivity contribution < 1.29 is 18.4 Å². The molecule has 1 aromatic carbocycles. The summed E-state index contributed by atoms with van der Waals surface area (Å²) in [5.41, 5.74) is 1.30. The van der Waals surface area contributed by atoms with E-state index in [2.05, 4.69) is 14.9 Å². The van der Waals surface area contributed by atoms with Crippen molar-refractivity contribution in [2.45, 2.75) is 19.3 Å². The number of carbonyl (C=O) groups is 1. The predicted molar refractivity (Wildman–Crippen MR) is 99.8 cm³/mol. The van der Waals surface area contributed by atoms with E-state index >= 15 is 0 Å². The number of hydrogen-bond donors (Lipinski definition) is 0. The van der Waals surface area contributed by atoms with Crippen molar-refractivity contribution in [2.75, 3.05) is 25.1 Å². The van der Waals surface area contributed by atoms with Gasteiger partial charge in [-0.1, -0.05) is 11.6 Å². The predicted octanol–water partition coefficient (Wildman–Crippen LogP) is 4.43. The molecule has 0 radical (unpaired) electrons. The summed E-state index contributed by atoms with van der Waals surface area (Å²) < 4.78 is 16.4. The molecule has 1 aliphatic heterocycles. The van der Waals surface area contributed by atoms with Gasteiger partial charge in [0.15, 0.2) is 23.5 Å². The molecule has 2 aromatic heterocycles. The van der Waals surface area contributed by atoms with Crippen molar-refractivity contribution in [1.82, 2.24) is 9.97 Å². The number of carbonyl (C=O) groups excluding carboxylic acids is 1. The van der Waals surface area contributed by atoms with Crippen LogP contribution in [0.15, 0.2) is 39.5 Å². The summed E-state index contributed by atoms with van der Waals surface area (Å²) in [5, 5.41) is 0.630. The molecule has 7 nitrogen and oxygen atoms in total. The number of piperidine rings is 1. The van der Waals surface area contributed by atoms with Crippen molar-refractivity contribution in [3.63, 3.8) is 0 Å². The molecule has 1 saturated heterocycles. The van der Waals surface area contributed by atoms with Crippen molar-refractivity contribution in [3.05, 3.63) is 41.4 Å². The molecule has 0 spiro atoms. The maximum Gasteiger partial charge on any atom is 0.360 e. The van der Waals surface area contributed by atoms with Crippen molar-refractivity contribution in [1.29, 1.82) is 0 Å². The van der Waals surface area contributed by atoms with Gasteiger partial charge in [0.25, 0.3) is 0 Å². The lowest BCUT2D eigenvalue weighted by atomic mass is 10.1. The van der Waals surface area contributed by atoms with Gasteiger partial charge in [-0.3, -0.25) is 0 Å². The van der Waals surface area contributed by atoms with Gasteiger partial charge in [-0.2, -0.15) is 0 Å². The Balaban J connectivity index is 1.82. The van der Waals surface area contributed by atoms with E-state index in [1.807, 2.05) is 12.1 Å². The van der Waals surface area contributed by atoms with Crippen LogP contribution in [0.1, 0.15) is 29.8 Å². The molecule has 0 saturated carbocycles. The number of aromatic nitrogens is 2. The third-order valence-electron chi connectivity index (χ3n) is 4.50. The summed E-state index contributed by atoms with van der Waals surface area (Å²) >= 11 is 5.98. The summed E-state index contributed by atoms with van der Waals surface area (Å²) in [5.74, 6) is 0.654. The largest absolute Gasteiger partial charge is 0.464 e. The molecule has 0 N–H and O–H groups in total. The van der Waals surface area contributed by atoms with Gasteiger partial charge in [0.2, 0.25) is 11.8 Å². The number of nitrogens with zero attached hydrogens (tertiary/aromatic N) is 3. The minimum absolute atomic E-state index is 0.0757. The van der Waals surface area contributed by atoms with Crippen LogP contribution in [-0.4, -0.2) is 36.1 Å². The Hall–Kier alpha value is -2.80. The maximum atomic E-state index is 12.0. The molecule has 1 aliphatic rings. The SMILES string of the molecule is COC(=O)c1ncoc1-c1nc(-c2ccc(Cl)cc2)oc1N1CCCCC1. The van der Waals surface area contributed by atoms with Crippen LogP contribution in [0.3, 0.4) is 0 Å². The van der Waals surface area contributed by atoms with E-state index < -0.39 is 5.97 Å². The monoisotopic (exact) mass is 387 g/mol. The Morgan fingerprint density at radius 1 is 1.19 bits per heavy atom. The van der Waals surface area contributed by atoms with Crippen LogP contribution < -0.4 is 4.90 Å². The summed E-state index contributed by atoms with van der Waals surface area (Å²) in [7, 11) is 1.30. The van der Waals surface area contributed by atoms with Gasteiger partial charge >= 0.3 is 5.97 Å². The standard InChI is InChI=1S/C19H18ClN3O4/c1-25-19(24)15-16(26-11-21-15)14-18(23-9-3-2-4-10-23)27-17(22-14)12-5-7-13(20)8-6-12/h5-8,11H,2-4,9-10H2,1H3. The number of esters is 1. The third kappa shape index (κ3) is 3.42. The third-order valence-corrected chi connectivity index (χ3v) is 4.76. The van der Waals surface area contributed by atoms with Crippen LogP contribution in [0.2, 0.25) is 5.02 Å². The average Bonchev–Trinajstić information content (AvgIpc) is 3.35. The Bertz CT molecular complexity index is 942. The van der Waals surface area contributed by atoms with Crippen LogP contribution >= 0.6 is 11.6 Å². The Kier molecular flexibility index (Phi) is 4.85. The smallest absolute Gasteiger partial charge is 0.360 e. The Morgan fingerprint density at radius 3 is 2.63 bits per heavy atom. The molecule has 3 heterocycles. The van der Waals surface area contributed by atoms with Crippen LogP contribution in [0.25, 0.3) is 22.9 Å². The second kappa shape index (κ2) is 7.44. The van der Waals surface area contributed by atoms with E-state index in [-0.39, 0.29) is 11.5 Å². The number of ether oxygens (including phenoxy) is 1. The summed E-state index contributed by atoms with van der Waals surface area (Å²) in [6.45, 7) is 1.70. The first-order valence-electron chi connectivity index (χ1n) is 8.71. The van der Waals surface area contributed by atoms with E-state index in [0.29, 0.717) is 22.5 Å². The van der Waals surface area contributed by atoms with Crippen LogP contribution in [0, 0.1) is 0 Å². The van der Waals surface area contributed by atoms with Gasteiger partial charge in [0.05, 0.1) is 7.11 Å². The molecule has 0 unspecified atom stereocenters. The molecule has 0 amide bonds. The topological polar surface area (TPSA) is 81.6 Å². The van der Waals surface area contributed by atoms with Gasteiger partial charge in [0, 0.05) is 23.7 Å². The lowest BCUT2D eigenvalue weighted by Crippen LogP contribution is -2.29. The molecule has 0 aliphatic carbocycles. The minimum Gasteiger partial charge on any atom is -0.464 e. The normalized spacial score (nSPS) is 14.4. The molecule has 4 rings (SSSR count). The van der Waals surface area contributed by atoms with Crippen molar-refractivity contribution >= 4 is 23.5 Å². The lowest BCUT2D eigenvalue weighted by Gasteiger charge is -2.26. The second-order valence-corrected chi connectivity index (χ2v) is 6.69. The first-order valence-corrected chi connectivity index (χ1v) is 9.09. The highest BCUT2D eigenvalue weighted by molar-refractivity contribution is 6.30. The molecular weight excluding hydrogens is 370 g/mol. The number of benzene rings is 1. The Labute approximate surface area is 160 Å². The molecule has 27 heavy (non-hydrogen) atoms. The quantitative estimate of drug-likeness (QED) is 0.612. The van der Waals surface area contributed by atoms with Gasteiger partial charge in [0.1, 0.15) is 0 Å². The minimum atomic E-state index is -0.584.